The normalized spacial score (nSPS) is 14.3. The molecule has 0 unspecified atom stereocenters. The Kier molecular flexibility index (Phi) is 7.09. The van der Waals surface area contributed by atoms with Gasteiger partial charge in [-0.15, -0.1) is 0 Å². The predicted molar refractivity (Wildman–Crippen MR) is 110 cm³/mol. The van der Waals surface area contributed by atoms with Gasteiger partial charge in [-0.1, -0.05) is 0 Å². The zero-order valence-corrected chi connectivity index (χ0v) is 16.7. The third kappa shape index (κ3) is 6.51. The molecular formula is C20H26N6O3. The van der Waals surface area contributed by atoms with Gasteiger partial charge in [0.2, 0.25) is 5.91 Å². The lowest BCUT2D eigenvalue weighted by molar-refractivity contribution is -0.114. The third-order valence-electron chi connectivity index (χ3n) is 4.37. The van der Waals surface area contributed by atoms with Gasteiger partial charge >= 0.3 is 0 Å². The van der Waals surface area contributed by atoms with Gasteiger partial charge in [-0.2, -0.15) is 0 Å². The maximum Gasteiger partial charge on any atom is 0.270 e. The van der Waals surface area contributed by atoms with E-state index in [4.69, 9.17) is 4.74 Å². The van der Waals surface area contributed by atoms with E-state index in [2.05, 4.69) is 30.8 Å². The molecule has 0 radical (unpaired) electrons. The van der Waals surface area contributed by atoms with Gasteiger partial charge in [-0.25, -0.2) is 9.97 Å². The molecule has 3 rings (SSSR count). The van der Waals surface area contributed by atoms with Crippen LogP contribution in [0.4, 0.5) is 17.2 Å². The Morgan fingerprint density at radius 2 is 1.79 bits per heavy atom. The average Bonchev–Trinajstić information content (AvgIpc) is 2.69. The molecule has 1 aliphatic heterocycles. The Bertz CT molecular complexity index is 850. The van der Waals surface area contributed by atoms with Gasteiger partial charge in [-0.3, -0.25) is 14.5 Å². The van der Waals surface area contributed by atoms with Crippen molar-refractivity contribution < 1.29 is 14.3 Å². The molecule has 1 aromatic heterocycles. The van der Waals surface area contributed by atoms with Crippen molar-refractivity contribution in [3.05, 3.63) is 41.9 Å². The van der Waals surface area contributed by atoms with Crippen LogP contribution in [0.1, 0.15) is 23.2 Å². The lowest BCUT2D eigenvalue weighted by Gasteiger charge is -2.26. The van der Waals surface area contributed by atoms with Crippen molar-refractivity contribution in [1.29, 1.82) is 0 Å². The van der Waals surface area contributed by atoms with E-state index in [-0.39, 0.29) is 11.8 Å². The van der Waals surface area contributed by atoms with Gasteiger partial charge in [0.25, 0.3) is 5.91 Å². The molecule has 1 aliphatic rings. The summed E-state index contributed by atoms with van der Waals surface area (Å²) in [6.45, 7) is 7.79. The van der Waals surface area contributed by atoms with E-state index in [9.17, 15) is 9.59 Å². The number of hydrogen-bond acceptors (Lipinski definition) is 7. The van der Waals surface area contributed by atoms with Gasteiger partial charge in [0, 0.05) is 50.5 Å². The van der Waals surface area contributed by atoms with Crippen LogP contribution in [0.15, 0.2) is 30.3 Å². The molecule has 29 heavy (non-hydrogen) atoms. The minimum Gasteiger partial charge on any atom is -0.379 e. The first kappa shape index (κ1) is 20.7. The van der Waals surface area contributed by atoms with Crippen molar-refractivity contribution in [2.24, 2.45) is 0 Å². The number of aryl methyl sites for hydroxylation is 1. The van der Waals surface area contributed by atoms with E-state index in [1.54, 1.807) is 25.1 Å². The summed E-state index contributed by atoms with van der Waals surface area (Å²) in [7, 11) is 0. The highest BCUT2D eigenvalue weighted by Crippen LogP contribution is 2.18. The first-order valence-corrected chi connectivity index (χ1v) is 9.58. The minimum absolute atomic E-state index is 0.124. The van der Waals surface area contributed by atoms with Crippen molar-refractivity contribution in [1.82, 2.24) is 20.2 Å². The summed E-state index contributed by atoms with van der Waals surface area (Å²) < 4.78 is 5.32. The molecular weight excluding hydrogens is 372 g/mol. The van der Waals surface area contributed by atoms with Gasteiger partial charge in [0.1, 0.15) is 17.3 Å². The number of rotatable bonds is 7. The summed E-state index contributed by atoms with van der Waals surface area (Å²) in [6.07, 6.45) is 0. The molecule has 154 valence electrons. The lowest BCUT2D eigenvalue weighted by Crippen LogP contribution is -2.41. The van der Waals surface area contributed by atoms with Crippen molar-refractivity contribution >= 4 is 29.0 Å². The maximum absolute atomic E-state index is 12.5. The van der Waals surface area contributed by atoms with Crippen LogP contribution in [0.5, 0.6) is 0 Å². The summed E-state index contributed by atoms with van der Waals surface area (Å²) in [5.74, 6) is 0.681. The first-order chi connectivity index (χ1) is 14.0. The molecule has 0 atom stereocenters. The Hall–Kier alpha value is -3.04. The second kappa shape index (κ2) is 9.94. The first-order valence-electron chi connectivity index (χ1n) is 9.58. The fourth-order valence-corrected chi connectivity index (χ4v) is 2.98. The van der Waals surface area contributed by atoms with Crippen LogP contribution >= 0.6 is 0 Å². The summed E-state index contributed by atoms with van der Waals surface area (Å²) in [5.41, 5.74) is 1.81. The largest absolute Gasteiger partial charge is 0.379 e. The zero-order valence-electron chi connectivity index (χ0n) is 16.7. The van der Waals surface area contributed by atoms with E-state index in [1.807, 2.05) is 12.1 Å². The summed E-state index contributed by atoms with van der Waals surface area (Å²) >= 11 is 0. The smallest absolute Gasteiger partial charge is 0.270 e. The van der Waals surface area contributed by atoms with Crippen molar-refractivity contribution in [3.63, 3.8) is 0 Å². The number of carbonyl (C=O) groups excluding carboxylic acids is 2. The molecule has 3 N–H and O–H groups in total. The Morgan fingerprint density at radius 3 is 2.48 bits per heavy atom. The molecule has 0 bridgehead atoms. The van der Waals surface area contributed by atoms with Crippen LogP contribution in [0.3, 0.4) is 0 Å². The van der Waals surface area contributed by atoms with E-state index in [0.29, 0.717) is 29.6 Å². The SMILES string of the molecule is CC(=O)Nc1ccc(Nc2cc(C(=O)NCCN3CCOCC3)nc(C)n2)cc1. The lowest BCUT2D eigenvalue weighted by atomic mass is 10.2. The van der Waals surface area contributed by atoms with Crippen LogP contribution in [0.25, 0.3) is 0 Å². The number of ether oxygens (including phenoxy) is 1. The molecule has 1 saturated heterocycles. The standard InChI is InChI=1S/C20H26N6O3/c1-14-22-18(20(28)21-7-8-26-9-11-29-12-10-26)13-19(23-14)25-17-5-3-16(4-6-17)24-15(2)27/h3-6,13H,7-12H2,1-2H3,(H,21,28)(H,24,27)(H,22,23,25). The molecule has 1 aromatic carbocycles. The average molecular weight is 398 g/mol. The quantitative estimate of drug-likeness (QED) is 0.649. The van der Waals surface area contributed by atoms with Crippen molar-refractivity contribution in [3.8, 4) is 0 Å². The van der Waals surface area contributed by atoms with Gasteiger partial charge in [0.15, 0.2) is 0 Å². The number of morpholine rings is 1. The molecule has 2 aromatic rings. The van der Waals surface area contributed by atoms with E-state index in [1.165, 1.54) is 6.92 Å². The topological polar surface area (TPSA) is 108 Å². The Balaban J connectivity index is 1.58. The van der Waals surface area contributed by atoms with Gasteiger partial charge in [-0.05, 0) is 31.2 Å². The number of benzene rings is 1. The maximum atomic E-state index is 12.5. The van der Waals surface area contributed by atoms with Crippen LogP contribution in [-0.2, 0) is 9.53 Å². The molecule has 0 saturated carbocycles. The summed E-state index contributed by atoms with van der Waals surface area (Å²) in [4.78, 5) is 34.4. The molecule has 2 heterocycles. The van der Waals surface area contributed by atoms with Crippen LogP contribution in [-0.4, -0.2) is 66.1 Å². The second-order valence-electron chi connectivity index (χ2n) is 6.78. The molecule has 9 heteroatoms. The summed E-state index contributed by atoms with van der Waals surface area (Å²) in [6, 6.07) is 8.85. The highest BCUT2D eigenvalue weighted by molar-refractivity contribution is 5.93. The predicted octanol–water partition coefficient (Wildman–Crippen LogP) is 1.55. The second-order valence-corrected chi connectivity index (χ2v) is 6.78. The monoisotopic (exact) mass is 398 g/mol. The zero-order chi connectivity index (χ0) is 20.6. The summed E-state index contributed by atoms with van der Waals surface area (Å²) in [5, 5.41) is 8.79. The van der Waals surface area contributed by atoms with E-state index < -0.39 is 0 Å². The van der Waals surface area contributed by atoms with Crippen molar-refractivity contribution in [2.45, 2.75) is 13.8 Å². The number of hydrogen-bond donors (Lipinski definition) is 3. The minimum atomic E-state index is -0.229. The fraction of sp³-hybridized carbons (Fsp3) is 0.400. The Labute approximate surface area is 169 Å². The van der Waals surface area contributed by atoms with Gasteiger partial charge < -0.3 is 20.7 Å². The van der Waals surface area contributed by atoms with Crippen LogP contribution in [0, 0.1) is 6.92 Å². The van der Waals surface area contributed by atoms with Crippen LogP contribution < -0.4 is 16.0 Å². The van der Waals surface area contributed by atoms with E-state index >= 15 is 0 Å². The van der Waals surface area contributed by atoms with Crippen molar-refractivity contribution in [2.75, 3.05) is 50.0 Å². The number of nitrogens with zero attached hydrogens (tertiary/aromatic N) is 3. The number of aromatic nitrogens is 2. The van der Waals surface area contributed by atoms with Gasteiger partial charge in [0.05, 0.1) is 13.2 Å². The highest BCUT2D eigenvalue weighted by atomic mass is 16.5. The highest BCUT2D eigenvalue weighted by Gasteiger charge is 2.13. The fourth-order valence-electron chi connectivity index (χ4n) is 2.98. The van der Waals surface area contributed by atoms with E-state index in [0.717, 1.165) is 38.5 Å². The molecule has 0 aliphatic carbocycles. The molecule has 0 spiro atoms. The number of anilines is 3. The number of carbonyl (C=O) groups is 2. The molecule has 2 amide bonds. The number of nitrogens with one attached hydrogen (secondary N) is 3. The molecule has 1 fully saturated rings. The van der Waals surface area contributed by atoms with Crippen LogP contribution in [0.2, 0.25) is 0 Å². The number of amides is 2. The third-order valence-corrected chi connectivity index (χ3v) is 4.37. The Morgan fingerprint density at radius 1 is 1.10 bits per heavy atom. The molecule has 9 nitrogen and oxygen atoms in total.